The first-order chi connectivity index (χ1) is 7.00. The van der Waals surface area contributed by atoms with Gasteiger partial charge in [-0.2, -0.15) is 0 Å². The van der Waals surface area contributed by atoms with Crippen molar-refractivity contribution in [2.45, 2.75) is 0 Å². The molecule has 15 heavy (non-hydrogen) atoms. The predicted molar refractivity (Wildman–Crippen MR) is 56.4 cm³/mol. The fraction of sp³-hybridized carbons (Fsp3) is 0.333. The molecule has 1 amide bonds. The average molecular weight is 232 g/mol. The molecule has 0 aliphatic carbocycles. The molecular formula is C9H11ClFN3O. The van der Waals surface area contributed by atoms with Crippen LogP contribution in [-0.2, 0) is 4.79 Å². The third-order valence-electron chi connectivity index (χ3n) is 1.71. The van der Waals surface area contributed by atoms with Crippen LogP contribution in [0.3, 0.4) is 0 Å². The molecule has 0 aromatic carbocycles. The maximum Gasteiger partial charge on any atom is 0.241 e. The number of likely N-dealkylation sites (N-methyl/N-ethyl adjacent to an activating group) is 1. The quantitative estimate of drug-likeness (QED) is 0.855. The van der Waals surface area contributed by atoms with Gasteiger partial charge in [0.25, 0.3) is 0 Å². The van der Waals surface area contributed by atoms with Crippen LogP contribution in [0.1, 0.15) is 0 Å². The van der Waals surface area contributed by atoms with Gasteiger partial charge in [-0.3, -0.25) is 4.79 Å². The van der Waals surface area contributed by atoms with Gasteiger partial charge in [-0.25, -0.2) is 9.37 Å². The molecule has 82 valence electrons. The molecule has 0 fully saturated rings. The number of rotatable bonds is 3. The van der Waals surface area contributed by atoms with E-state index in [4.69, 9.17) is 11.6 Å². The number of hydrogen-bond donors (Lipinski definition) is 1. The molecule has 0 unspecified atom stereocenters. The molecule has 0 saturated heterocycles. The van der Waals surface area contributed by atoms with Crippen molar-refractivity contribution in [3.8, 4) is 0 Å². The van der Waals surface area contributed by atoms with Crippen molar-refractivity contribution >= 4 is 23.3 Å². The molecule has 4 nitrogen and oxygen atoms in total. The highest BCUT2D eigenvalue weighted by molar-refractivity contribution is 6.30. The summed E-state index contributed by atoms with van der Waals surface area (Å²) >= 11 is 5.52. The van der Waals surface area contributed by atoms with Crippen LogP contribution in [0.2, 0.25) is 5.02 Å². The largest absolute Gasteiger partial charge is 0.359 e. The second-order valence-corrected chi connectivity index (χ2v) is 3.56. The van der Waals surface area contributed by atoms with E-state index in [1.54, 1.807) is 14.1 Å². The molecule has 0 saturated carbocycles. The summed E-state index contributed by atoms with van der Waals surface area (Å²) in [6.45, 7) is -0.00144. The Labute approximate surface area is 92.1 Å². The Bertz CT molecular complexity index is 370. The number of pyridine rings is 1. The van der Waals surface area contributed by atoms with E-state index in [1.165, 1.54) is 11.1 Å². The highest BCUT2D eigenvalue weighted by Crippen LogP contribution is 2.14. The Kier molecular flexibility index (Phi) is 3.85. The second kappa shape index (κ2) is 4.93. The van der Waals surface area contributed by atoms with Crippen molar-refractivity contribution in [3.63, 3.8) is 0 Å². The van der Waals surface area contributed by atoms with Crippen LogP contribution in [0.15, 0.2) is 12.3 Å². The lowest BCUT2D eigenvalue weighted by molar-refractivity contribution is -0.126. The molecule has 1 N–H and O–H groups in total. The molecule has 1 rings (SSSR count). The second-order valence-electron chi connectivity index (χ2n) is 3.13. The van der Waals surface area contributed by atoms with Gasteiger partial charge in [0.15, 0.2) is 11.6 Å². The smallest absolute Gasteiger partial charge is 0.241 e. The third kappa shape index (κ3) is 3.36. The molecule has 0 atom stereocenters. The van der Waals surface area contributed by atoms with Gasteiger partial charge in [0, 0.05) is 20.3 Å². The minimum Gasteiger partial charge on any atom is -0.359 e. The van der Waals surface area contributed by atoms with Gasteiger partial charge in [0.05, 0.1) is 11.6 Å². The number of hydrogen-bond acceptors (Lipinski definition) is 3. The monoisotopic (exact) mass is 231 g/mol. The van der Waals surface area contributed by atoms with Crippen LogP contribution < -0.4 is 5.32 Å². The van der Waals surface area contributed by atoms with Crippen molar-refractivity contribution in [1.29, 1.82) is 0 Å². The molecule has 0 aliphatic rings. The van der Waals surface area contributed by atoms with Gasteiger partial charge < -0.3 is 10.2 Å². The third-order valence-corrected chi connectivity index (χ3v) is 1.92. The van der Waals surface area contributed by atoms with E-state index in [0.29, 0.717) is 0 Å². The van der Waals surface area contributed by atoms with E-state index in [9.17, 15) is 9.18 Å². The maximum absolute atomic E-state index is 13.2. The van der Waals surface area contributed by atoms with Crippen LogP contribution in [-0.4, -0.2) is 36.4 Å². The molecule has 0 spiro atoms. The number of anilines is 1. The average Bonchev–Trinajstić information content (AvgIpc) is 2.15. The van der Waals surface area contributed by atoms with Gasteiger partial charge in [0.2, 0.25) is 5.91 Å². The molecule has 0 bridgehead atoms. The standard InChI is InChI=1S/C9H11ClFN3O/c1-14(2)8(15)5-13-9-7(11)3-6(10)4-12-9/h3-4H,5H2,1-2H3,(H,12,13). The van der Waals surface area contributed by atoms with Gasteiger partial charge in [-0.15, -0.1) is 0 Å². The summed E-state index contributed by atoms with van der Waals surface area (Å²) in [5, 5.41) is 2.80. The Morgan fingerprint density at radius 3 is 2.87 bits per heavy atom. The Hall–Kier alpha value is -1.36. The number of aromatic nitrogens is 1. The van der Waals surface area contributed by atoms with Crippen LogP contribution in [0.5, 0.6) is 0 Å². The summed E-state index contributed by atoms with van der Waals surface area (Å²) in [7, 11) is 3.24. The molecular weight excluding hydrogens is 221 g/mol. The molecule has 1 aromatic rings. The lowest BCUT2D eigenvalue weighted by atomic mass is 10.4. The van der Waals surface area contributed by atoms with Gasteiger partial charge in [-0.1, -0.05) is 11.6 Å². The normalized spacial score (nSPS) is 9.87. The number of nitrogens with zero attached hydrogens (tertiary/aromatic N) is 2. The topological polar surface area (TPSA) is 45.2 Å². The minimum absolute atomic E-state index is 0.00144. The highest BCUT2D eigenvalue weighted by Gasteiger charge is 2.07. The van der Waals surface area contributed by atoms with E-state index in [0.717, 1.165) is 6.07 Å². The zero-order valence-corrected chi connectivity index (χ0v) is 9.18. The molecule has 0 radical (unpaired) electrons. The summed E-state index contributed by atoms with van der Waals surface area (Å²) in [6, 6.07) is 1.14. The molecule has 0 aliphatic heterocycles. The Balaban J connectivity index is 2.62. The van der Waals surface area contributed by atoms with Crippen LogP contribution in [0.4, 0.5) is 10.2 Å². The van der Waals surface area contributed by atoms with Crippen molar-refractivity contribution in [1.82, 2.24) is 9.88 Å². The number of carbonyl (C=O) groups is 1. The van der Waals surface area contributed by atoms with Gasteiger partial charge in [-0.05, 0) is 6.07 Å². The maximum atomic E-state index is 13.2. The van der Waals surface area contributed by atoms with Crippen LogP contribution >= 0.6 is 11.6 Å². The summed E-state index contributed by atoms with van der Waals surface area (Å²) in [5.41, 5.74) is 0. The Morgan fingerprint density at radius 2 is 2.33 bits per heavy atom. The fourth-order valence-corrected chi connectivity index (χ4v) is 1.01. The Morgan fingerprint density at radius 1 is 1.67 bits per heavy atom. The first kappa shape index (κ1) is 11.7. The van der Waals surface area contributed by atoms with Crippen molar-refractivity contribution < 1.29 is 9.18 Å². The van der Waals surface area contributed by atoms with Crippen molar-refractivity contribution in [2.75, 3.05) is 26.0 Å². The van der Waals surface area contributed by atoms with Crippen molar-refractivity contribution in [3.05, 3.63) is 23.1 Å². The zero-order chi connectivity index (χ0) is 11.4. The van der Waals surface area contributed by atoms with Gasteiger partial charge >= 0.3 is 0 Å². The van der Waals surface area contributed by atoms with Crippen molar-refractivity contribution in [2.24, 2.45) is 0 Å². The molecule has 1 aromatic heterocycles. The van der Waals surface area contributed by atoms with Gasteiger partial charge in [0.1, 0.15) is 0 Å². The summed E-state index contributed by atoms with van der Waals surface area (Å²) < 4.78 is 13.2. The minimum atomic E-state index is -0.575. The number of nitrogens with one attached hydrogen (secondary N) is 1. The van der Waals surface area contributed by atoms with Crippen LogP contribution in [0.25, 0.3) is 0 Å². The zero-order valence-electron chi connectivity index (χ0n) is 8.42. The van der Waals surface area contributed by atoms with Crippen LogP contribution in [0, 0.1) is 5.82 Å². The van der Waals surface area contributed by atoms with E-state index in [-0.39, 0.29) is 23.3 Å². The molecule has 1 heterocycles. The summed E-state index contributed by atoms with van der Waals surface area (Å²) in [6.07, 6.45) is 1.31. The first-order valence-corrected chi connectivity index (χ1v) is 4.63. The first-order valence-electron chi connectivity index (χ1n) is 4.26. The number of carbonyl (C=O) groups excluding carboxylic acids is 1. The summed E-state index contributed by atoms with van der Waals surface area (Å²) in [4.78, 5) is 16.3. The van der Waals surface area contributed by atoms with E-state index in [2.05, 4.69) is 10.3 Å². The number of amides is 1. The van der Waals surface area contributed by atoms with E-state index < -0.39 is 5.82 Å². The van der Waals surface area contributed by atoms with E-state index in [1.807, 2.05) is 0 Å². The SMILES string of the molecule is CN(C)C(=O)CNc1ncc(Cl)cc1F. The number of halogens is 2. The summed E-state index contributed by atoms with van der Waals surface area (Å²) in [5.74, 6) is -0.713. The molecule has 6 heteroatoms. The van der Waals surface area contributed by atoms with E-state index >= 15 is 0 Å². The lowest BCUT2D eigenvalue weighted by Crippen LogP contribution is -2.29. The highest BCUT2D eigenvalue weighted by atomic mass is 35.5. The predicted octanol–water partition coefficient (Wildman–Crippen LogP) is 1.37. The fourth-order valence-electron chi connectivity index (χ4n) is 0.862. The lowest BCUT2D eigenvalue weighted by Gasteiger charge is -2.11.